The summed E-state index contributed by atoms with van der Waals surface area (Å²) in [6.45, 7) is 0. The summed E-state index contributed by atoms with van der Waals surface area (Å²) in [7, 11) is 5.33. The molecule has 2 aliphatic rings. The third-order valence-corrected chi connectivity index (χ3v) is 5.19. The Morgan fingerprint density at radius 3 is 2.43 bits per heavy atom. The zero-order valence-electron chi connectivity index (χ0n) is 12.2. The number of imide groups is 1. The topological polar surface area (TPSA) is 53.0 Å². The minimum atomic E-state index is -0.394. The maximum atomic E-state index is 12.3. The number of benzene rings is 1. The highest BCUT2D eigenvalue weighted by atomic mass is 32.2. The van der Waals surface area contributed by atoms with Crippen LogP contribution in [0.2, 0.25) is 0 Å². The fraction of sp³-hybridized carbons (Fsp3) is 0.400. The van der Waals surface area contributed by atoms with Gasteiger partial charge in [-0.1, -0.05) is 42.1 Å². The summed E-state index contributed by atoms with van der Waals surface area (Å²) in [4.78, 5) is 32.5. The average molecular weight is 303 g/mol. The van der Waals surface area contributed by atoms with Crippen molar-refractivity contribution in [3.63, 3.8) is 0 Å². The number of hydrogen-bond acceptors (Lipinski definition) is 5. The molecular weight excluding hydrogens is 286 g/mol. The highest BCUT2D eigenvalue weighted by molar-refractivity contribution is 8.15. The summed E-state index contributed by atoms with van der Waals surface area (Å²) in [6.07, 6.45) is -0.298. The molecule has 1 aromatic rings. The van der Waals surface area contributed by atoms with Crippen LogP contribution in [0.4, 0.5) is 0 Å². The maximum absolute atomic E-state index is 12.3. The van der Waals surface area contributed by atoms with Crippen molar-refractivity contribution in [2.24, 2.45) is 10.9 Å². The number of nitrogens with zero attached hydrogens (tertiary/aromatic N) is 3. The molecule has 0 radical (unpaired) electrons. The Morgan fingerprint density at radius 1 is 1.14 bits per heavy atom. The summed E-state index contributed by atoms with van der Waals surface area (Å²) in [5, 5.41) is 0.453. The Labute approximate surface area is 128 Å². The van der Waals surface area contributed by atoms with Gasteiger partial charge in [0.25, 0.3) is 0 Å². The second-order valence-corrected chi connectivity index (χ2v) is 6.61. The van der Waals surface area contributed by atoms with Gasteiger partial charge in [0.15, 0.2) is 0 Å². The van der Waals surface area contributed by atoms with Crippen molar-refractivity contribution < 1.29 is 9.59 Å². The Hall–Kier alpha value is -1.66. The van der Waals surface area contributed by atoms with Crippen molar-refractivity contribution in [2.45, 2.75) is 11.4 Å². The SMILES string of the molecule is CN1C(=O)[C@H]2[C@H](SC(c3ccccc3)=N[C@H]2N(C)C)C1=O. The molecule has 1 aromatic carbocycles. The minimum absolute atomic E-state index is 0.120. The van der Waals surface area contributed by atoms with Gasteiger partial charge >= 0.3 is 0 Å². The van der Waals surface area contributed by atoms with Gasteiger partial charge < -0.3 is 0 Å². The third kappa shape index (κ3) is 2.28. The molecule has 0 aliphatic carbocycles. The lowest BCUT2D eigenvalue weighted by molar-refractivity contribution is -0.138. The first-order valence-electron chi connectivity index (χ1n) is 6.78. The first-order valence-corrected chi connectivity index (χ1v) is 7.66. The largest absolute Gasteiger partial charge is 0.287 e. The number of likely N-dealkylation sites (tertiary alicyclic amines) is 1. The van der Waals surface area contributed by atoms with Crippen molar-refractivity contribution in [1.29, 1.82) is 0 Å². The smallest absolute Gasteiger partial charge is 0.243 e. The molecule has 3 atom stereocenters. The molecule has 5 nitrogen and oxygen atoms in total. The molecule has 6 heteroatoms. The minimum Gasteiger partial charge on any atom is -0.287 e. The Morgan fingerprint density at radius 2 is 1.81 bits per heavy atom. The standard InChI is InChI=1S/C15H17N3O2S/c1-17(2)12-10-11(15(20)18(3)14(10)19)21-13(16-12)9-7-5-4-6-8-9/h4-8,10-12H,1-3H3/t10-,11-,12-/m0/s1. The van der Waals surface area contributed by atoms with Crippen molar-refractivity contribution in [2.75, 3.05) is 21.1 Å². The van der Waals surface area contributed by atoms with Gasteiger partial charge in [-0.3, -0.25) is 24.4 Å². The van der Waals surface area contributed by atoms with E-state index < -0.39 is 5.92 Å². The van der Waals surface area contributed by atoms with Crippen LogP contribution in [-0.4, -0.2) is 59.2 Å². The second-order valence-electron chi connectivity index (χ2n) is 5.48. The third-order valence-electron chi connectivity index (χ3n) is 3.88. The second kappa shape index (κ2) is 5.27. The van der Waals surface area contributed by atoms with Gasteiger partial charge in [-0.05, 0) is 14.1 Å². The lowest BCUT2D eigenvalue weighted by Crippen LogP contribution is -2.44. The number of carbonyl (C=O) groups is 2. The van der Waals surface area contributed by atoms with E-state index in [2.05, 4.69) is 0 Å². The van der Waals surface area contributed by atoms with Gasteiger partial charge in [0.2, 0.25) is 11.8 Å². The quantitative estimate of drug-likeness (QED) is 0.766. The Bertz CT molecular complexity index is 615. The fourth-order valence-electron chi connectivity index (χ4n) is 2.72. The fourth-order valence-corrected chi connectivity index (χ4v) is 4.07. The van der Waals surface area contributed by atoms with E-state index in [-0.39, 0.29) is 23.2 Å². The van der Waals surface area contributed by atoms with Crippen LogP contribution in [0.1, 0.15) is 5.56 Å². The number of carbonyl (C=O) groups excluding carboxylic acids is 2. The van der Waals surface area contributed by atoms with Crippen LogP contribution in [0, 0.1) is 5.92 Å². The van der Waals surface area contributed by atoms with E-state index in [0.29, 0.717) is 0 Å². The van der Waals surface area contributed by atoms with E-state index in [0.717, 1.165) is 10.6 Å². The lowest BCUT2D eigenvalue weighted by Gasteiger charge is -2.32. The predicted octanol–water partition coefficient (Wildman–Crippen LogP) is 1.05. The zero-order valence-corrected chi connectivity index (χ0v) is 13.0. The predicted molar refractivity (Wildman–Crippen MR) is 83.1 cm³/mol. The van der Waals surface area contributed by atoms with Crippen LogP contribution in [0.3, 0.4) is 0 Å². The first kappa shape index (κ1) is 14.3. The van der Waals surface area contributed by atoms with Crippen molar-refractivity contribution in [1.82, 2.24) is 9.80 Å². The van der Waals surface area contributed by atoms with Gasteiger partial charge in [-0.15, -0.1) is 0 Å². The summed E-state index contributed by atoms with van der Waals surface area (Å²) < 4.78 is 0. The molecule has 0 saturated carbocycles. The van der Waals surface area contributed by atoms with Crippen molar-refractivity contribution >= 4 is 28.6 Å². The van der Waals surface area contributed by atoms with Crippen molar-refractivity contribution in [3.8, 4) is 0 Å². The van der Waals surface area contributed by atoms with E-state index in [1.54, 1.807) is 7.05 Å². The van der Waals surface area contributed by atoms with Crippen LogP contribution >= 0.6 is 11.8 Å². The first-order chi connectivity index (χ1) is 10.0. The number of hydrogen-bond donors (Lipinski definition) is 0. The summed E-state index contributed by atoms with van der Waals surface area (Å²) >= 11 is 1.40. The molecule has 3 rings (SSSR count). The van der Waals surface area contributed by atoms with Gasteiger partial charge in [-0.25, -0.2) is 0 Å². The molecule has 0 unspecified atom stereocenters. The van der Waals surface area contributed by atoms with Crippen LogP contribution in [0.25, 0.3) is 0 Å². The normalized spacial score (nSPS) is 28.9. The van der Waals surface area contributed by atoms with Gasteiger partial charge in [0.1, 0.15) is 16.5 Å². The molecule has 0 bridgehead atoms. The average Bonchev–Trinajstić information content (AvgIpc) is 2.72. The highest BCUT2D eigenvalue weighted by Gasteiger charge is 2.53. The molecule has 2 amide bonds. The molecule has 0 aromatic heterocycles. The molecule has 0 N–H and O–H groups in total. The highest BCUT2D eigenvalue weighted by Crippen LogP contribution is 2.39. The molecule has 0 spiro atoms. The Kier molecular flexibility index (Phi) is 3.59. The summed E-state index contributed by atoms with van der Waals surface area (Å²) in [5.74, 6) is -0.646. The zero-order chi connectivity index (χ0) is 15.1. The van der Waals surface area contributed by atoms with Crippen LogP contribution < -0.4 is 0 Å². The maximum Gasteiger partial charge on any atom is 0.243 e. The van der Waals surface area contributed by atoms with E-state index in [1.165, 1.54) is 16.7 Å². The molecule has 21 heavy (non-hydrogen) atoms. The number of amides is 2. The number of aliphatic imine (C=N–C) groups is 1. The monoisotopic (exact) mass is 303 g/mol. The molecule has 110 valence electrons. The van der Waals surface area contributed by atoms with Crippen molar-refractivity contribution in [3.05, 3.63) is 35.9 Å². The summed E-state index contributed by atoms with van der Waals surface area (Å²) in [5.41, 5.74) is 0.989. The van der Waals surface area contributed by atoms with E-state index in [9.17, 15) is 9.59 Å². The van der Waals surface area contributed by atoms with E-state index in [1.807, 2.05) is 49.3 Å². The van der Waals surface area contributed by atoms with Gasteiger partial charge in [-0.2, -0.15) is 0 Å². The number of thioether (sulfide) groups is 1. The summed E-state index contributed by atoms with van der Waals surface area (Å²) in [6, 6.07) is 9.79. The van der Waals surface area contributed by atoms with Gasteiger partial charge in [0, 0.05) is 12.6 Å². The van der Waals surface area contributed by atoms with Gasteiger partial charge in [0.05, 0.1) is 5.92 Å². The van der Waals surface area contributed by atoms with E-state index >= 15 is 0 Å². The number of fused-ring (bicyclic) bond motifs is 1. The molecule has 2 aliphatic heterocycles. The number of rotatable bonds is 2. The van der Waals surface area contributed by atoms with Crippen LogP contribution in [-0.2, 0) is 9.59 Å². The van der Waals surface area contributed by atoms with Crippen LogP contribution in [0.5, 0.6) is 0 Å². The van der Waals surface area contributed by atoms with Crippen LogP contribution in [0.15, 0.2) is 35.3 Å². The van der Waals surface area contributed by atoms with E-state index in [4.69, 9.17) is 4.99 Å². The molecule has 1 fully saturated rings. The molecule has 2 heterocycles. The molecular formula is C15H17N3O2S. The lowest BCUT2D eigenvalue weighted by atomic mass is 10.0. The Balaban J connectivity index is 2.03. The molecule has 1 saturated heterocycles.